The number of halogens is 1. The summed E-state index contributed by atoms with van der Waals surface area (Å²) >= 11 is 3.39. The van der Waals surface area contributed by atoms with Crippen LogP contribution in [-0.4, -0.2) is 12.5 Å². The molecule has 1 aromatic carbocycles. The molecular formula is C16H22BrNO2. The molecule has 0 unspecified atom stereocenters. The number of carbonyl (C=O) groups excluding carboxylic acids is 1. The van der Waals surface area contributed by atoms with Crippen LogP contribution < -0.4 is 5.73 Å². The minimum Gasteiger partial charge on any atom is -0.460 e. The van der Waals surface area contributed by atoms with E-state index in [0.717, 1.165) is 35.7 Å². The zero-order chi connectivity index (χ0) is 14.6. The molecule has 1 fully saturated rings. The third kappa shape index (κ3) is 3.61. The second-order valence-electron chi connectivity index (χ2n) is 5.87. The fourth-order valence-corrected chi connectivity index (χ4v) is 2.95. The highest BCUT2D eigenvalue weighted by Gasteiger charge is 2.41. The largest absolute Gasteiger partial charge is 0.460 e. The van der Waals surface area contributed by atoms with Crippen molar-refractivity contribution < 1.29 is 9.53 Å². The van der Waals surface area contributed by atoms with Crippen LogP contribution in [0.25, 0.3) is 0 Å². The summed E-state index contributed by atoms with van der Waals surface area (Å²) in [5.74, 6) is 0.559. The smallest absolute Gasteiger partial charge is 0.313 e. The van der Waals surface area contributed by atoms with Gasteiger partial charge in [0.15, 0.2) is 0 Å². The molecule has 0 saturated heterocycles. The van der Waals surface area contributed by atoms with E-state index in [9.17, 15) is 4.79 Å². The molecule has 0 aromatic heterocycles. The van der Waals surface area contributed by atoms with E-state index in [2.05, 4.69) is 22.9 Å². The van der Waals surface area contributed by atoms with Gasteiger partial charge in [0.1, 0.15) is 6.61 Å². The Hall–Kier alpha value is -0.870. The van der Waals surface area contributed by atoms with Crippen molar-refractivity contribution in [2.24, 2.45) is 17.1 Å². The summed E-state index contributed by atoms with van der Waals surface area (Å²) in [6.07, 6.45) is 3.82. The van der Waals surface area contributed by atoms with E-state index < -0.39 is 5.41 Å². The van der Waals surface area contributed by atoms with Gasteiger partial charge in [-0.15, -0.1) is 0 Å². The minimum absolute atomic E-state index is 0.130. The molecule has 0 atom stereocenters. The van der Waals surface area contributed by atoms with Gasteiger partial charge in [-0.05, 0) is 49.3 Å². The molecule has 20 heavy (non-hydrogen) atoms. The molecule has 1 saturated carbocycles. The van der Waals surface area contributed by atoms with Crippen LogP contribution in [0.2, 0.25) is 0 Å². The molecular weight excluding hydrogens is 318 g/mol. The molecule has 0 amide bonds. The van der Waals surface area contributed by atoms with E-state index in [4.69, 9.17) is 10.5 Å². The average molecular weight is 340 g/mol. The van der Waals surface area contributed by atoms with Crippen molar-refractivity contribution in [1.29, 1.82) is 0 Å². The first-order valence-electron chi connectivity index (χ1n) is 7.17. The van der Waals surface area contributed by atoms with Crippen LogP contribution in [-0.2, 0) is 16.1 Å². The summed E-state index contributed by atoms with van der Waals surface area (Å²) < 4.78 is 6.52. The van der Waals surface area contributed by atoms with Crippen molar-refractivity contribution >= 4 is 21.9 Å². The van der Waals surface area contributed by atoms with Gasteiger partial charge in [0, 0.05) is 11.0 Å². The molecule has 0 spiro atoms. The van der Waals surface area contributed by atoms with Crippen LogP contribution in [0.4, 0.5) is 0 Å². The third-order valence-electron chi connectivity index (χ3n) is 4.34. The fourth-order valence-electron chi connectivity index (χ4n) is 2.69. The molecule has 1 aromatic rings. The number of hydrogen-bond acceptors (Lipinski definition) is 3. The first kappa shape index (κ1) is 15.5. The van der Waals surface area contributed by atoms with E-state index in [1.807, 2.05) is 24.3 Å². The molecule has 3 nitrogen and oxygen atoms in total. The Balaban J connectivity index is 1.94. The normalized spacial score (nSPS) is 26.2. The molecule has 1 aliphatic carbocycles. The van der Waals surface area contributed by atoms with E-state index in [-0.39, 0.29) is 5.97 Å². The quantitative estimate of drug-likeness (QED) is 0.852. The topological polar surface area (TPSA) is 52.3 Å². The molecule has 0 radical (unpaired) electrons. The molecule has 1 aliphatic rings. The Morgan fingerprint density at radius 2 is 1.95 bits per heavy atom. The highest BCUT2D eigenvalue weighted by Crippen LogP contribution is 2.39. The van der Waals surface area contributed by atoms with Gasteiger partial charge in [0.05, 0.1) is 5.41 Å². The van der Waals surface area contributed by atoms with E-state index in [0.29, 0.717) is 19.1 Å². The lowest BCUT2D eigenvalue weighted by Crippen LogP contribution is -2.42. The van der Waals surface area contributed by atoms with Crippen molar-refractivity contribution in [3.8, 4) is 0 Å². The van der Waals surface area contributed by atoms with E-state index in [1.54, 1.807) is 0 Å². The second kappa shape index (κ2) is 6.72. The second-order valence-corrected chi connectivity index (χ2v) is 6.79. The number of ether oxygens (including phenoxy) is 1. The zero-order valence-corrected chi connectivity index (χ0v) is 13.5. The van der Waals surface area contributed by atoms with Gasteiger partial charge in [-0.1, -0.05) is 35.0 Å². The predicted octanol–water partition coefficient (Wildman–Crippen LogP) is 3.65. The summed E-state index contributed by atoms with van der Waals surface area (Å²) in [5, 5.41) is 0. The predicted molar refractivity (Wildman–Crippen MR) is 83.1 cm³/mol. The minimum atomic E-state index is -0.456. The first-order chi connectivity index (χ1) is 9.55. The SMILES string of the molecule is CC1CCC(CN)(C(=O)OCc2ccc(Br)cc2)CC1. The Morgan fingerprint density at radius 3 is 2.50 bits per heavy atom. The number of esters is 1. The van der Waals surface area contributed by atoms with Gasteiger partial charge in [-0.3, -0.25) is 4.79 Å². The Bertz CT molecular complexity index is 450. The van der Waals surface area contributed by atoms with Gasteiger partial charge in [0.25, 0.3) is 0 Å². The van der Waals surface area contributed by atoms with Crippen molar-refractivity contribution in [1.82, 2.24) is 0 Å². The summed E-state index contributed by atoms with van der Waals surface area (Å²) in [5.41, 5.74) is 6.41. The molecule has 110 valence electrons. The Labute approximate surface area is 129 Å². The number of rotatable bonds is 4. The van der Waals surface area contributed by atoms with Crippen LogP contribution in [0, 0.1) is 11.3 Å². The molecule has 2 rings (SSSR count). The number of nitrogens with two attached hydrogens (primary N) is 1. The molecule has 0 aliphatic heterocycles. The van der Waals surface area contributed by atoms with Gasteiger partial charge in [-0.2, -0.15) is 0 Å². The summed E-state index contributed by atoms with van der Waals surface area (Å²) in [7, 11) is 0. The van der Waals surface area contributed by atoms with Crippen molar-refractivity contribution in [3.63, 3.8) is 0 Å². The number of hydrogen-bond donors (Lipinski definition) is 1. The maximum atomic E-state index is 12.4. The third-order valence-corrected chi connectivity index (χ3v) is 4.87. The molecule has 2 N–H and O–H groups in total. The molecule has 0 bridgehead atoms. The van der Waals surface area contributed by atoms with Crippen LogP contribution in [0.5, 0.6) is 0 Å². The Kier molecular flexibility index (Phi) is 5.22. The highest BCUT2D eigenvalue weighted by atomic mass is 79.9. The van der Waals surface area contributed by atoms with Crippen LogP contribution >= 0.6 is 15.9 Å². The maximum Gasteiger partial charge on any atom is 0.313 e. The number of benzene rings is 1. The monoisotopic (exact) mass is 339 g/mol. The maximum absolute atomic E-state index is 12.4. The lowest BCUT2D eigenvalue weighted by Gasteiger charge is -2.36. The van der Waals surface area contributed by atoms with Crippen LogP contribution in [0.3, 0.4) is 0 Å². The Morgan fingerprint density at radius 1 is 1.35 bits per heavy atom. The number of carbonyl (C=O) groups is 1. The van der Waals surface area contributed by atoms with Crippen molar-refractivity contribution in [2.45, 2.75) is 39.2 Å². The summed E-state index contributed by atoms with van der Waals surface area (Å²) in [6.45, 7) is 2.94. The fraction of sp³-hybridized carbons (Fsp3) is 0.562. The van der Waals surface area contributed by atoms with Crippen LogP contribution in [0.1, 0.15) is 38.2 Å². The van der Waals surface area contributed by atoms with Gasteiger partial charge >= 0.3 is 5.97 Å². The lowest BCUT2D eigenvalue weighted by atomic mass is 9.71. The average Bonchev–Trinajstić information content (AvgIpc) is 2.47. The lowest BCUT2D eigenvalue weighted by molar-refractivity contribution is -0.159. The van der Waals surface area contributed by atoms with Gasteiger partial charge < -0.3 is 10.5 Å². The molecule has 0 heterocycles. The highest BCUT2D eigenvalue weighted by molar-refractivity contribution is 9.10. The van der Waals surface area contributed by atoms with Crippen LogP contribution in [0.15, 0.2) is 28.7 Å². The van der Waals surface area contributed by atoms with Crippen molar-refractivity contribution in [3.05, 3.63) is 34.3 Å². The standard InChI is InChI=1S/C16H22BrNO2/c1-12-6-8-16(11-18,9-7-12)15(19)20-10-13-2-4-14(17)5-3-13/h2-5,12H,6-11,18H2,1H3. The summed E-state index contributed by atoms with van der Waals surface area (Å²) in [4.78, 5) is 12.4. The first-order valence-corrected chi connectivity index (χ1v) is 7.97. The van der Waals surface area contributed by atoms with E-state index >= 15 is 0 Å². The summed E-state index contributed by atoms with van der Waals surface area (Å²) in [6, 6.07) is 7.80. The van der Waals surface area contributed by atoms with Gasteiger partial charge in [0.2, 0.25) is 0 Å². The van der Waals surface area contributed by atoms with E-state index in [1.165, 1.54) is 0 Å². The van der Waals surface area contributed by atoms with Gasteiger partial charge in [-0.25, -0.2) is 0 Å². The molecule has 4 heteroatoms. The zero-order valence-electron chi connectivity index (χ0n) is 11.9. The van der Waals surface area contributed by atoms with Crippen molar-refractivity contribution in [2.75, 3.05) is 6.54 Å².